The van der Waals surface area contributed by atoms with Crippen LogP contribution in [0.15, 0.2) is 47.1 Å². The Labute approximate surface area is 129 Å². The van der Waals surface area contributed by atoms with E-state index in [9.17, 15) is 9.59 Å². The lowest BCUT2D eigenvalue weighted by molar-refractivity contribution is -0.908. The number of likely N-dealkylation sites (N-methyl/N-ethyl adjacent to an activating group) is 1. The number of benzene rings is 1. The van der Waals surface area contributed by atoms with Gasteiger partial charge in [-0.25, -0.2) is 0 Å². The Kier molecular flexibility index (Phi) is 5.12. The molecule has 116 valence electrons. The van der Waals surface area contributed by atoms with E-state index in [1.807, 2.05) is 26.1 Å². The van der Waals surface area contributed by atoms with Crippen molar-refractivity contribution in [2.75, 3.05) is 12.4 Å². The number of furan rings is 1. The van der Waals surface area contributed by atoms with Crippen LogP contribution in [0.1, 0.15) is 30.0 Å². The minimum absolute atomic E-state index is 0.00821. The summed E-state index contributed by atoms with van der Waals surface area (Å²) in [6.45, 7) is 4.03. The Hall–Kier alpha value is -2.40. The molecule has 2 rings (SSSR count). The average Bonchev–Trinajstić information content (AvgIpc) is 2.99. The smallest absolute Gasteiger partial charge is 0.282 e. The number of carbonyl (C=O) groups is 2. The van der Waals surface area contributed by atoms with Crippen molar-refractivity contribution in [1.29, 1.82) is 0 Å². The van der Waals surface area contributed by atoms with Gasteiger partial charge in [0.25, 0.3) is 5.91 Å². The molecule has 0 fully saturated rings. The summed E-state index contributed by atoms with van der Waals surface area (Å²) >= 11 is 0. The first kappa shape index (κ1) is 16.0. The number of quaternary nitrogens is 1. The standard InChI is InChI=1S/C17H20N2O3/c1-12(19(3)11-16-5-4-10-22-16)17(21)18-15-8-6-14(7-9-15)13(2)20/h4-10,12H,11H2,1-3H3,(H,18,21)/p+1/t12-/m0/s1. The molecule has 2 atom stereocenters. The van der Waals surface area contributed by atoms with Gasteiger partial charge >= 0.3 is 0 Å². The third kappa shape index (κ3) is 4.05. The number of ketones is 1. The van der Waals surface area contributed by atoms with Crippen LogP contribution in [0.3, 0.4) is 0 Å². The van der Waals surface area contributed by atoms with E-state index in [-0.39, 0.29) is 17.7 Å². The number of nitrogens with one attached hydrogen (secondary N) is 2. The second-order valence-electron chi connectivity index (χ2n) is 5.45. The summed E-state index contributed by atoms with van der Waals surface area (Å²) in [5.74, 6) is 0.788. The van der Waals surface area contributed by atoms with E-state index in [2.05, 4.69) is 5.32 Å². The van der Waals surface area contributed by atoms with Gasteiger partial charge in [-0.05, 0) is 50.2 Å². The first-order valence-electron chi connectivity index (χ1n) is 7.24. The Morgan fingerprint density at radius 2 is 1.91 bits per heavy atom. The van der Waals surface area contributed by atoms with Crippen LogP contribution in [0, 0.1) is 0 Å². The zero-order valence-electron chi connectivity index (χ0n) is 13.1. The van der Waals surface area contributed by atoms with Crippen molar-refractivity contribution >= 4 is 17.4 Å². The summed E-state index contributed by atoms with van der Waals surface area (Å²) in [6.07, 6.45) is 1.63. The van der Waals surface area contributed by atoms with Gasteiger partial charge in [0.05, 0.1) is 13.3 Å². The maximum atomic E-state index is 12.3. The lowest BCUT2D eigenvalue weighted by Gasteiger charge is -2.20. The van der Waals surface area contributed by atoms with Crippen LogP contribution >= 0.6 is 0 Å². The minimum Gasteiger partial charge on any atom is -0.463 e. The molecule has 1 unspecified atom stereocenters. The van der Waals surface area contributed by atoms with Crippen molar-refractivity contribution in [3.63, 3.8) is 0 Å². The molecule has 0 aliphatic rings. The molecule has 22 heavy (non-hydrogen) atoms. The molecule has 0 aliphatic heterocycles. The number of rotatable bonds is 6. The summed E-state index contributed by atoms with van der Waals surface area (Å²) in [6, 6.07) is 10.4. The second kappa shape index (κ2) is 7.04. The number of hydrogen-bond donors (Lipinski definition) is 2. The van der Waals surface area contributed by atoms with Gasteiger partial charge in [-0.2, -0.15) is 0 Å². The van der Waals surface area contributed by atoms with Crippen LogP contribution in [0.2, 0.25) is 0 Å². The van der Waals surface area contributed by atoms with Gasteiger partial charge in [0.2, 0.25) is 0 Å². The quantitative estimate of drug-likeness (QED) is 0.795. The Morgan fingerprint density at radius 1 is 1.23 bits per heavy atom. The molecular formula is C17H21N2O3+. The molecule has 1 heterocycles. The number of hydrogen-bond acceptors (Lipinski definition) is 3. The molecule has 0 aliphatic carbocycles. The highest BCUT2D eigenvalue weighted by Gasteiger charge is 2.22. The molecule has 0 bridgehead atoms. The van der Waals surface area contributed by atoms with Crippen molar-refractivity contribution in [2.45, 2.75) is 26.4 Å². The van der Waals surface area contributed by atoms with Gasteiger partial charge in [-0.3, -0.25) is 9.59 Å². The summed E-state index contributed by atoms with van der Waals surface area (Å²) in [7, 11) is 1.95. The molecule has 0 saturated carbocycles. The molecule has 0 spiro atoms. The number of Topliss-reactive ketones (excluding diaryl/α,β-unsaturated/α-hetero) is 1. The number of anilines is 1. The third-order valence-corrected chi connectivity index (χ3v) is 3.72. The van der Waals surface area contributed by atoms with Gasteiger partial charge < -0.3 is 14.6 Å². The van der Waals surface area contributed by atoms with Gasteiger partial charge in [-0.15, -0.1) is 0 Å². The zero-order chi connectivity index (χ0) is 16.1. The van der Waals surface area contributed by atoms with E-state index in [0.717, 1.165) is 10.7 Å². The van der Waals surface area contributed by atoms with E-state index in [1.54, 1.807) is 30.5 Å². The predicted molar refractivity (Wildman–Crippen MR) is 83.8 cm³/mol. The van der Waals surface area contributed by atoms with Crippen molar-refractivity contribution in [2.24, 2.45) is 0 Å². The number of amides is 1. The third-order valence-electron chi connectivity index (χ3n) is 3.72. The summed E-state index contributed by atoms with van der Waals surface area (Å²) < 4.78 is 5.30. The van der Waals surface area contributed by atoms with Gasteiger partial charge in [-0.1, -0.05) is 0 Å². The fourth-order valence-electron chi connectivity index (χ4n) is 2.10. The molecular weight excluding hydrogens is 280 g/mol. The van der Waals surface area contributed by atoms with Crippen molar-refractivity contribution < 1.29 is 18.9 Å². The molecule has 0 radical (unpaired) electrons. The Morgan fingerprint density at radius 3 is 2.45 bits per heavy atom. The molecule has 0 saturated heterocycles. The highest BCUT2D eigenvalue weighted by molar-refractivity contribution is 5.96. The highest BCUT2D eigenvalue weighted by Crippen LogP contribution is 2.10. The van der Waals surface area contributed by atoms with Crippen LogP contribution in [-0.4, -0.2) is 24.8 Å². The number of carbonyl (C=O) groups excluding carboxylic acids is 2. The molecule has 1 aromatic heterocycles. The summed E-state index contributed by atoms with van der Waals surface area (Å²) in [5, 5.41) is 2.87. The predicted octanol–water partition coefficient (Wildman–Crippen LogP) is 1.52. The van der Waals surface area contributed by atoms with Gasteiger partial charge in [0, 0.05) is 11.3 Å². The molecule has 1 aromatic carbocycles. The second-order valence-corrected chi connectivity index (χ2v) is 5.45. The Balaban J connectivity index is 1.94. The first-order chi connectivity index (χ1) is 10.5. The largest absolute Gasteiger partial charge is 0.463 e. The SMILES string of the molecule is CC(=O)c1ccc(NC(=O)[C@H](C)[NH+](C)Cc2ccco2)cc1. The molecule has 5 nitrogen and oxygen atoms in total. The van der Waals surface area contributed by atoms with E-state index in [4.69, 9.17) is 4.42 Å². The lowest BCUT2D eigenvalue weighted by atomic mass is 10.1. The topological polar surface area (TPSA) is 63.8 Å². The lowest BCUT2D eigenvalue weighted by Crippen LogP contribution is -3.12. The van der Waals surface area contributed by atoms with Gasteiger partial charge in [0.15, 0.2) is 17.6 Å². The van der Waals surface area contributed by atoms with Crippen LogP contribution in [-0.2, 0) is 11.3 Å². The molecule has 1 amide bonds. The molecule has 5 heteroatoms. The van der Waals surface area contributed by atoms with Crippen LogP contribution in [0.4, 0.5) is 5.69 Å². The molecule has 2 aromatic rings. The van der Waals surface area contributed by atoms with E-state index >= 15 is 0 Å². The fourth-order valence-corrected chi connectivity index (χ4v) is 2.10. The van der Waals surface area contributed by atoms with E-state index in [0.29, 0.717) is 17.8 Å². The summed E-state index contributed by atoms with van der Waals surface area (Å²) in [5.41, 5.74) is 1.32. The zero-order valence-corrected chi connectivity index (χ0v) is 13.1. The molecule has 2 N–H and O–H groups in total. The van der Waals surface area contributed by atoms with Crippen molar-refractivity contribution in [1.82, 2.24) is 0 Å². The Bertz CT molecular complexity index is 632. The average molecular weight is 301 g/mol. The van der Waals surface area contributed by atoms with Crippen LogP contribution in [0.5, 0.6) is 0 Å². The highest BCUT2D eigenvalue weighted by atomic mass is 16.3. The minimum atomic E-state index is -0.224. The van der Waals surface area contributed by atoms with Gasteiger partial charge in [0.1, 0.15) is 6.54 Å². The summed E-state index contributed by atoms with van der Waals surface area (Å²) in [4.78, 5) is 24.5. The van der Waals surface area contributed by atoms with Crippen molar-refractivity contribution in [3.8, 4) is 0 Å². The monoisotopic (exact) mass is 301 g/mol. The van der Waals surface area contributed by atoms with E-state index < -0.39 is 0 Å². The van der Waals surface area contributed by atoms with Crippen LogP contribution < -0.4 is 10.2 Å². The maximum Gasteiger partial charge on any atom is 0.282 e. The van der Waals surface area contributed by atoms with E-state index in [1.165, 1.54) is 6.92 Å². The maximum absolute atomic E-state index is 12.3. The van der Waals surface area contributed by atoms with Crippen molar-refractivity contribution in [3.05, 3.63) is 54.0 Å². The van der Waals surface area contributed by atoms with Crippen LogP contribution in [0.25, 0.3) is 0 Å². The first-order valence-corrected chi connectivity index (χ1v) is 7.24. The fraction of sp³-hybridized carbons (Fsp3) is 0.294. The normalized spacial score (nSPS) is 13.4.